The van der Waals surface area contributed by atoms with Crippen LogP contribution in [0, 0.1) is 0 Å². The Morgan fingerprint density at radius 3 is 2.36 bits per heavy atom. The van der Waals surface area contributed by atoms with Crippen molar-refractivity contribution >= 4 is 28.3 Å². The van der Waals surface area contributed by atoms with Crippen molar-refractivity contribution in [2.45, 2.75) is 39.0 Å². The first-order valence-corrected chi connectivity index (χ1v) is 12.8. The summed E-state index contributed by atoms with van der Waals surface area (Å²) in [6.07, 6.45) is 1.60. The van der Waals surface area contributed by atoms with Crippen molar-refractivity contribution in [2.24, 2.45) is 7.05 Å². The number of amides is 2. The van der Waals surface area contributed by atoms with Crippen LogP contribution in [0.25, 0.3) is 22.0 Å². The summed E-state index contributed by atoms with van der Waals surface area (Å²) in [5, 5.41) is 13.5. The quantitative estimate of drug-likeness (QED) is 0.270. The number of pyridine rings is 1. The second-order valence-electron chi connectivity index (χ2n) is 8.82. The van der Waals surface area contributed by atoms with Gasteiger partial charge in [0.05, 0.1) is 23.5 Å². The van der Waals surface area contributed by atoms with Gasteiger partial charge in [0.25, 0.3) is 0 Å². The number of nitrogens with zero attached hydrogens (tertiary/aromatic N) is 3. The van der Waals surface area contributed by atoms with Crippen LogP contribution >= 0.6 is 0 Å². The van der Waals surface area contributed by atoms with E-state index in [1.165, 1.54) is 12.1 Å². The van der Waals surface area contributed by atoms with Crippen LogP contribution in [0.15, 0.2) is 61.1 Å². The molecule has 0 saturated carbocycles. The van der Waals surface area contributed by atoms with E-state index in [4.69, 9.17) is 4.74 Å². The average molecular weight is 541 g/mol. The molecule has 1 aliphatic rings. The lowest BCUT2D eigenvalue weighted by Crippen LogP contribution is -2.34. The van der Waals surface area contributed by atoms with Gasteiger partial charge in [-0.3, -0.25) is 9.67 Å². The first-order valence-electron chi connectivity index (χ1n) is 12.8. The lowest BCUT2D eigenvalue weighted by Gasteiger charge is -2.25. The number of rotatable bonds is 5. The minimum Gasteiger partial charge on any atom is -0.490 e. The van der Waals surface area contributed by atoms with Crippen molar-refractivity contribution in [3.63, 3.8) is 0 Å². The lowest BCUT2D eigenvalue weighted by molar-refractivity contribution is -0.139. The van der Waals surface area contributed by atoms with Gasteiger partial charge in [-0.25, -0.2) is 4.79 Å². The average Bonchev–Trinajstić information content (AvgIpc) is 3.32. The number of aromatic nitrogens is 3. The van der Waals surface area contributed by atoms with Crippen LogP contribution in [0.1, 0.15) is 32.3 Å². The first-order chi connectivity index (χ1) is 18.8. The molecule has 1 saturated heterocycles. The molecule has 206 valence electrons. The Morgan fingerprint density at radius 2 is 1.67 bits per heavy atom. The molecule has 0 atom stereocenters. The second-order valence-corrected chi connectivity index (χ2v) is 8.82. The monoisotopic (exact) mass is 540 g/mol. The molecular weight excluding hydrogens is 509 g/mol. The molecule has 2 aromatic heterocycles. The van der Waals surface area contributed by atoms with Crippen LogP contribution in [0.2, 0.25) is 0 Å². The number of halogens is 3. The van der Waals surface area contributed by atoms with Gasteiger partial charge in [-0.05, 0) is 61.8 Å². The number of anilines is 2. The maximum absolute atomic E-state index is 13.7. The van der Waals surface area contributed by atoms with Crippen LogP contribution in [0.5, 0.6) is 5.75 Å². The fourth-order valence-electron chi connectivity index (χ4n) is 4.34. The summed E-state index contributed by atoms with van der Waals surface area (Å²) in [5.41, 5.74) is 2.24. The number of alkyl halides is 3. The predicted molar refractivity (Wildman–Crippen MR) is 146 cm³/mol. The minimum absolute atomic E-state index is 0.00781. The number of benzene rings is 2. The van der Waals surface area contributed by atoms with Gasteiger partial charge in [0.15, 0.2) is 0 Å². The van der Waals surface area contributed by atoms with Crippen molar-refractivity contribution in [3.8, 4) is 16.9 Å². The SMILES string of the molecule is CC.Cn1ncc2c(-c3ccc(NC(=O)Nc4ccc(OC5CCNCC5)c(C(F)(F)F)c4)cc3)cncc21. The van der Waals surface area contributed by atoms with E-state index >= 15 is 0 Å². The molecule has 11 heteroatoms. The summed E-state index contributed by atoms with van der Waals surface area (Å²) in [5.74, 6) is -0.237. The zero-order valence-corrected chi connectivity index (χ0v) is 22.0. The number of hydrogen-bond donors (Lipinski definition) is 3. The van der Waals surface area contributed by atoms with E-state index in [0.717, 1.165) is 28.1 Å². The minimum atomic E-state index is -4.63. The maximum Gasteiger partial charge on any atom is 0.420 e. The van der Waals surface area contributed by atoms with Gasteiger partial charge < -0.3 is 20.7 Å². The van der Waals surface area contributed by atoms with Crippen LogP contribution in [0.3, 0.4) is 0 Å². The second kappa shape index (κ2) is 12.2. The highest BCUT2D eigenvalue weighted by Crippen LogP contribution is 2.39. The number of piperidine rings is 1. The van der Waals surface area contributed by atoms with Crippen molar-refractivity contribution in [1.29, 1.82) is 0 Å². The molecule has 2 aromatic carbocycles. The Morgan fingerprint density at radius 1 is 1.00 bits per heavy atom. The lowest BCUT2D eigenvalue weighted by atomic mass is 10.0. The van der Waals surface area contributed by atoms with Crippen LogP contribution < -0.4 is 20.7 Å². The molecule has 3 heterocycles. The Balaban J connectivity index is 0.00000172. The third-order valence-electron chi connectivity index (χ3n) is 6.25. The fourth-order valence-corrected chi connectivity index (χ4v) is 4.34. The standard InChI is InChI=1S/C26H25F3N6O2.C2H6/c1-35-23-15-31-13-20(21(23)14-32-35)16-2-4-17(5-3-16)33-25(36)34-18-6-7-24(22(12-18)26(27,28)29)37-19-8-10-30-11-9-19;1-2/h2-7,12-15,19,30H,8-11H2,1H3,(H2,33,34,36);1-2H3. The summed E-state index contributed by atoms with van der Waals surface area (Å²) in [4.78, 5) is 16.8. The summed E-state index contributed by atoms with van der Waals surface area (Å²) in [7, 11) is 1.84. The van der Waals surface area contributed by atoms with Gasteiger partial charge in [-0.15, -0.1) is 0 Å². The summed E-state index contributed by atoms with van der Waals surface area (Å²) >= 11 is 0. The van der Waals surface area contributed by atoms with E-state index in [-0.39, 0.29) is 17.5 Å². The molecule has 1 fully saturated rings. The molecule has 1 aliphatic heterocycles. The fraction of sp³-hybridized carbons (Fsp3) is 0.321. The topological polar surface area (TPSA) is 93.1 Å². The number of fused-ring (bicyclic) bond motifs is 1. The summed E-state index contributed by atoms with van der Waals surface area (Å²) < 4.78 is 48.5. The van der Waals surface area contributed by atoms with Crippen molar-refractivity contribution in [1.82, 2.24) is 20.1 Å². The normalized spacial score (nSPS) is 13.9. The molecule has 5 rings (SSSR count). The van der Waals surface area contributed by atoms with Gasteiger partial charge in [0.1, 0.15) is 11.9 Å². The first kappa shape index (κ1) is 27.9. The van der Waals surface area contributed by atoms with Gasteiger partial charge in [0, 0.05) is 35.6 Å². The Bertz CT molecular complexity index is 1410. The van der Waals surface area contributed by atoms with Crippen LogP contribution in [0.4, 0.5) is 29.3 Å². The number of carbonyl (C=O) groups excluding carboxylic acids is 1. The highest BCUT2D eigenvalue weighted by molar-refractivity contribution is 6.00. The molecular formula is C28H31F3N6O2. The zero-order chi connectivity index (χ0) is 28.0. The molecule has 3 N–H and O–H groups in total. The van der Waals surface area contributed by atoms with Gasteiger partial charge in [0.2, 0.25) is 0 Å². The largest absolute Gasteiger partial charge is 0.490 e. The number of ether oxygens (including phenoxy) is 1. The van der Waals surface area contributed by atoms with Gasteiger partial charge in [-0.1, -0.05) is 26.0 Å². The zero-order valence-electron chi connectivity index (χ0n) is 22.0. The Hall–Kier alpha value is -4.12. The summed E-state index contributed by atoms with van der Waals surface area (Å²) in [6, 6.07) is 9.95. The van der Waals surface area contributed by atoms with Crippen molar-refractivity contribution in [2.75, 3.05) is 23.7 Å². The van der Waals surface area contributed by atoms with Crippen molar-refractivity contribution in [3.05, 3.63) is 66.6 Å². The maximum atomic E-state index is 13.7. The molecule has 0 spiro atoms. The third-order valence-corrected chi connectivity index (χ3v) is 6.25. The van der Waals surface area contributed by atoms with E-state index in [1.54, 1.807) is 35.4 Å². The van der Waals surface area contributed by atoms with E-state index < -0.39 is 17.8 Å². The van der Waals surface area contributed by atoms with E-state index in [0.29, 0.717) is 31.6 Å². The molecule has 8 nitrogen and oxygen atoms in total. The van der Waals surface area contributed by atoms with Crippen molar-refractivity contribution < 1.29 is 22.7 Å². The Labute approximate surface area is 224 Å². The number of nitrogens with one attached hydrogen (secondary N) is 3. The van der Waals surface area contributed by atoms with E-state index in [9.17, 15) is 18.0 Å². The van der Waals surface area contributed by atoms with E-state index in [1.807, 2.05) is 33.0 Å². The highest BCUT2D eigenvalue weighted by Gasteiger charge is 2.35. The number of aryl methyl sites for hydroxylation is 1. The van der Waals surface area contributed by atoms with Crippen LogP contribution in [-0.4, -0.2) is 40.0 Å². The van der Waals surface area contributed by atoms with E-state index in [2.05, 4.69) is 26.0 Å². The number of carbonyl (C=O) groups is 1. The molecule has 4 aromatic rings. The third kappa shape index (κ3) is 6.66. The van der Waals surface area contributed by atoms with Gasteiger partial charge in [-0.2, -0.15) is 18.3 Å². The Kier molecular flexibility index (Phi) is 8.70. The van der Waals surface area contributed by atoms with Crippen LogP contribution in [-0.2, 0) is 13.2 Å². The van der Waals surface area contributed by atoms with Gasteiger partial charge >= 0.3 is 12.2 Å². The predicted octanol–water partition coefficient (Wildman–Crippen LogP) is 6.46. The molecule has 0 aliphatic carbocycles. The highest BCUT2D eigenvalue weighted by atomic mass is 19.4. The molecule has 0 unspecified atom stereocenters. The molecule has 39 heavy (non-hydrogen) atoms. The summed E-state index contributed by atoms with van der Waals surface area (Å²) in [6.45, 7) is 5.39. The molecule has 0 bridgehead atoms. The number of urea groups is 1. The molecule has 0 radical (unpaired) electrons. The smallest absolute Gasteiger partial charge is 0.420 e. The number of hydrogen-bond acceptors (Lipinski definition) is 5. The molecule has 2 amide bonds.